The van der Waals surface area contributed by atoms with Gasteiger partial charge in [-0.1, -0.05) is 12.2 Å². The lowest BCUT2D eigenvalue weighted by Gasteiger charge is -2.23. The van der Waals surface area contributed by atoms with Gasteiger partial charge < -0.3 is 10.6 Å². The third-order valence-corrected chi connectivity index (χ3v) is 1.77. The van der Waals surface area contributed by atoms with Gasteiger partial charge in [-0.3, -0.25) is 0 Å². The minimum absolute atomic E-state index is 0.865. The molecule has 0 amide bonds. The van der Waals surface area contributed by atoms with Gasteiger partial charge in [0, 0.05) is 30.2 Å². The topological polar surface area (TPSA) is 29.3 Å². The number of hydrogen-bond donors (Lipinski definition) is 1. The van der Waals surface area contributed by atoms with Gasteiger partial charge in [-0.2, -0.15) is 0 Å². The smallest absolute Gasteiger partial charge is 0.0414 e. The highest BCUT2D eigenvalue weighted by molar-refractivity contribution is 5.33. The molecule has 0 saturated heterocycles. The van der Waals surface area contributed by atoms with Crippen LogP contribution in [0, 0.1) is 0 Å². The minimum Gasteiger partial charge on any atom is -0.401 e. The fourth-order valence-electron chi connectivity index (χ4n) is 1.21. The van der Waals surface area contributed by atoms with Crippen LogP contribution in [-0.4, -0.2) is 4.90 Å². The number of allylic oxidation sites excluding steroid dienone is 4. The third-order valence-electron chi connectivity index (χ3n) is 1.77. The Morgan fingerprint density at radius 2 is 2.27 bits per heavy atom. The summed E-state index contributed by atoms with van der Waals surface area (Å²) in [5.74, 6) is 0. The van der Waals surface area contributed by atoms with Crippen molar-refractivity contribution in [3.8, 4) is 0 Å². The van der Waals surface area contributed by atoms with E-state index in [-0.39, 0.29) is 0 Å². The van der Waals surface area contributed by atoms with Crippen molar-refractivity contribution >= 4 is 0 Å². The summed E-state index contributed by atoms with van der Waals surface area (Å²) in [7, 11) is 0. The zero-order chi connectivity index (χ0) is 7.68. The van der Waals surface area contributed by atoms with Crippen LogP contribution in [0.5, 0.6) is 0 Å². The zero-order valence-corrected chi connectivity index (χ0v) is 6.20. The van der Waals surface area contributed by atoms with E-state index in [4.69, 9.17) is 5.73 Å². The first-order valence-corrected chi connectivity index (χ1v) is 3.66. The Kier molecular flexibility index (Phi) is 1.32. The summed E-state index contributed by atoms with van der Waals surface area (Å²) < 4.78 is 0. The molecule has 0 bridgehead atoms. The van der Waals surface area contributed by atoms with E-state index in [9.17, 15) is 0 Å². The summed E-state index contributed by atoms with van der Waals surface area (Å²) in [6.07, 6.45) is 13.0. The van der Waals surface area contributed by atoms with Gasteiger partial charge in [0.1, 0.15) is 0 Å². The lowest BCUT2D eigenvalue weighted by Crippen LogP contribution is -2.16. The largest absolute Gasteiger partial charge is 0.401 e. The molecule has 2 nitrogen and oxygen atoms in total. The lowest BCUT2D eigenvalue weighted by atomic mass is 10.1. The number of fused-ring (bicyclic) bond motifs is 1. The second kappa shape index (κ2) is 2.31. The molecular formula is C9H10N2. The molecule has 2 heteroatoms. The predicted octanol–water partition coefficient (Wildman–Crippen LogP) is 1.46. The maximum atomic E-state index is 5.66. The summed E-state index contributed by atoms with van der Waals surface area (Å²) >= 11 is 0. The molecule has 0 radical (unpaired) electrons. The molecule has 0 aromatic carbocycles. The van der Waals surface area contributed by atoms with Gasteiger partial charge >= 0.3 is 0 Å². The van der Waals surface area contributed by atoms with Crippen molar-refractivity contribution in [3.05, 3.63) is 48.1 Å². The standard InChI is InChI=1S/C9H10N2/c10-8-4-5-9-3-1-2-6-11(9)7-8/h1-3,5-7H,4,10H2. The van der Waals surface area contributed by atoms with Gasteiger partial charge in [-0.25, -0.2) is 0 Å². The quantitative estimate of drug-likeness (QED) is 0.560. The first kappa shape index (κ1) is 6.28. The molecule has 2 rings (SSSR count). The third kappa shape index (κ3) is 1.07. The summed E-state index contributed by atoms with van der Waals surface area (Å²) in [6, 6.07) is 0. The van der Waals surface area contributed by atoms with Crippen LogP contribution >= 0.6 is 0 Å². The van der Waals surface area contributed by atoms with E-state index >= 15 is 0 Å². The van der Waals surface area contributed by atoms with Crippen LogP contribution in [-0.2, 0) is 0 Å². The normalized spacial score (nSPS) is 20.9. The molecule has 0 aromatic rings. The molecule has 2 heterocycles. The van der Waals surface area contributed by atoms with Crippen LogP contribution in [0.1, 0.15) is 6.42 Å². The van der Waals surface area contributed by atoms with E-state index in [1.54, 1.807) is 0 Å². The van der Waals surface area contributed by atoms with Crippen molar-refractivity contribution in [3.63, 3.8) is 0 Å². The Balaban J connectivity index is 2.31. The lowest BCUT2D eigenvalue weighted by molar-refractivity contribution is 0.617. The monoisotopic (exact) mass is 146 g/mol. The first-order chi connectivity index (χ1) is 5.36. The Hall–Kier alpha value is -1.44. The molecule has 0 aliphatic carbocycles. The number of rotatable bonds is 0. The number of nitrogens with zero attached hydrogens (tertiary/aromatic N) is 1. The maximum absolute atomic E-state index is 5.66. The zero-order valence-electron chi connectivity index (χ0n) is 6.20. The Labute approximate surface area is 66.0 Å². The molecule has 0 fully saturated rings. The summed E-state index contributed by atoms with van der Waals surface area (Å²) in [5, 5.41) is 0. The van der Waals surface area contributed by atoms with Gasteiger partial charge in [0.05, 0.1) is 0 Å². The van der Waals surface area contributed by atoms with Crippen molar-refractivity contribution in [2.75, 3.05) is 0 Å². The average molecular weight is 146 g/mol. The number of hydrogen-bond acceptors (Lipinski definition) is 2. The molecule has 0 aromatic heterocycles. The van der Waals surface area contributed by atoms with Crippen molar-refractivity contribution in [1.82, 2.24) is 4.90 Å². The Bertz CT molecular complexity index is 282. The first-order valence-electron chi connectivity index (χ1n) is 3.66. The summed E-state index contributed by atoms with van der Waals surface area (Å²) in [6.45, 7) is 0. The second-order valence-corrected chi connectivity index (χ2v) is 2.65. The van der Waals surface area contributed by atoms with Crippen LogP contribution < -0.4 is 5.73 Å². The van der Waals surface area contributed by atoms with E-state index in [1.165, 1.54) is 5.70 Å². The van der Waals surface area contributed by atoms with Crippen LogP contribution in [0.25, 0.3) is 0 Å². The van der Waals surface area contributed by atoms with E-state index in [0.717, 1.165) is 12.1 Å². The Morgan fingerprint density at radius 3 is 3.18 bits per heavy atom. The van der Waals surface area contributed by atoms with Gasteiger partial charge in [0.15, 0.2) is 0 Å². The molecule has 2 aliphatic rings. The number of nitrogens with two attached hydrogens (primary N) is 1. The van der Waals surface area contributed by atoms with E-state index in [1.807, 2.05) is 29.5 Å². The molecule has 2 aliphatic heterocycles. The molecule has 11 heavy (non-hydrogen) atoms. The minimum atomic E-state index is 0.865. The van der Waals surface area contributed by atoms with E-state index in [2.05, 4.69) is 12.2 Å². The molecule has 0 unspecified atom stereocenters. The van der Waals surface area contributed by atoms with Gasteiger partial charge in [-0.05, 0) is 12.2 Å². The van der Waals surface area contributed by atoms with Gasteiger partial charge in [-0.15, -0.1) is 0 Å². The summed E-state index contributed by atoms with van der Waals surface area (Å²) in [4.78, 5) is 2.03. The fourth-order valence-corrected chi connectivity index (χ4v) is 1.21. The maximum Gasteiger partial charge on any atom is 0.0414 e. The van der Waals surface area contributed by atoms with Crippen molar-refractivity contribution in [2.45, 2.75) is 6.42 Å². The molecule has 56 valence electrons. The van der Waals surface area contributed by atoms with Crippen molar-refractivity contribution in [2.24, 2.45) is 5.73 Å². The highest BCUT2D eigenvalue weighted by Gasteiger charge is 2.08. The van der Waals surface area contributed by atoms with E-state index in [0.29, 0.717) is 0 Å². The highest BCUT2D eigenvalue weighted by Crippen LogP contribution is 2.19. The molecule has 0 saturated carbocycles. The predicted molar refractivity (Wildman–Crippen MR) is 45.1 cm³/mol. The van der Waals surface area contributed by atoms with Gasteiger partial charge in [0.2, 0.25) is 0 Å². The molecule has 0 atom stereocenters. The second-order valence-electron chi connectivity index (χ2n) is 2.65. The molecule has 0 spiro atoms. The van der Waals surface area contributed by atoms with Crippen molar-refractivity contribution in [1.29, 1.82) is 0 Å². The Morgan fingerprint density at radius 1 is 1.36 bits per heavy atom. The van der Waals surface area contributed by atoms with Crippen LogP contribution in [0.4, 0.5) is 0 Å². The molecular weight excluding hydrogens is 136 g/mol. The van der Waals surface area contributed by atoms with E-state index < -0.39 is 0 Å². The highest BCUT2D eigenvalue weighted by atomic mass is 15.1. The van der Waals surface area contributed by atoms with Gasteiger partial charge in [0.25, 0.3) is 0 Å². The average Bonchev–Trinajstić information content (AvgIpc) is 2.04. The van der Waals surface area contributed by atoms with Crippen LogP contribution in [0.2, 0.25) is 0 Å². The van der Waals surface area contributed by atoms with Crippen molar-refractivity contribution < 1.29 is 0 Å². The summed E-state index contributed by atoms with van der Waals surface area (Å²) in [5.41, 5.74) is 7.78. The SMILES string of the molecule is NC1=CN2C=CC=CC2=CC1. The van der Waals surface area contributed by atoms with Crippen LogP contribution in [0.15, 0.2) is 48.1 Å². The van der Waals surface area contributed by atoms with Crippen LogP contribution in [0.3, 0.4) is 0 Å². The molecule has 2 N–H and O–H groups in total. The fraction of sp³-hybridized carbons (Fsp3) is 0.111.